The highest BCUT2D eigenvalue weighted by molar-refractivity contribution is 9.10. The fourth-order valence-corrected chi connectivity index (χ4v) is 2.87. The molecule has 1 saturated heterocycles. The number of hydrogen-bond donors (Lipinski definition) is 0. The molecule has 1 aliphatic heterocycles. The van der Waals surface area contributed by atoms with Crippen LogP contribution in [0.25, 0.3) is 0 Å². The molecule has 0 bridgehead atoms. The van der Waals surface area contributed by atoms with Crippen molar-refractivity contribution in [3.8, 4) is 5.75 Å². The summed E-state index contributed by atoms with van der Waals surface area (Å²) in [5, 5.41) is 0. The lowest BCUT2D eigenvalue weighted by atomic mass is 10.2. The average Bonchev–Trinajstić information content (AvgIpc) is 2.79. The molecule has 2 aromatic rings. The zero-order valence-electron chi connectivity index (χ0n) is 12.7. The molecule has 1 heterocycles. The Bertz CT molecular complexity index is 820. The number of rotatable bonds is 4. The molecular weight excluding hydrogens is 376 g/mol. The summed E-state index contributed by atoms with van der Waals surface area (Å²) >= 11 is 3.34. The van der Waals surface area contributed by atoms with Crippen molar-refractivity contribution < 1.29 is 19.1 Å². The topological polar surface area (TPSA) is 66.9 Å². The average molecular weight is 389 g/mol. The van der Waals surface area contributed by atoms with Gasteiger partial charge in [0.25, 0.3) is 0 Å². The minimum Gasteiger partial charge on any atom is -0.497 e. The molecule has 4 amide bonds. The number of halogens is 1. The number of nitrogens with zero attached hydrogens (tertiary/aromatic N) is 2. The third-order valence-electron chi connectivity index (χ3n) is 3.61. The quantitative estimate of drug-likeness (QED) is 0.596. The highest BCUT2D eigenvalue weighted by Gasteiger charge is 2.45. The molecular formula is C17H13BrN2O4. The van der Waals surface area contributed by atoms with Gasteiger partial charge in [-0.15, -0.1) is 0 Å². The maximum atomic E-state index is 12.5. The molecule has 122 valence electrons. The van der Waals surface area contributed by atoms with Crippen LogP contribution in [0.4, 0.5) is 10.5 Å². The van der Waals surface area contributed by atoms with Crippen molar-refractivity contribution in [3.63, 3.8) is 0 Å². The number of benzene rings is 2. The molecule has 3 rings (SSSR count). The first kappa shape index (κ1) is 16.2. The fourth-order valence-electron chi connectivity index (χ4n) is 2.42. The Morgan fingerprint density at radius 1 is 1.00 bits per heavy atom. The number of ether oxygens (including phenoxy) is 1. The normalized spacial score (nSPS) is 14.5. The molecule has 0 aliphatic carbocycles. The van der Waals surface area contributed by atoms with Gasteiger partial charge in [-0.3, -0.25) is 14.5 Å². The Labute approximate surface area is 146 Å². The van der Waals surface area contributed by atoms with Crippen LogP contribution < -0.4 is 9.64 Å². The van der Waals surface area contributed by atoms with Crippen LogP contribution in [0, 0.1) is 0 Å². The summed E-state index contributed by atoms with van der Waals surface area (Å²) in [4.78, 5) is 38.8. The second-order valence-electron chi connectivity index (χ2n) is 5.14. The summed E-state index contributed by atoms with van der Waals surface area (Å²) in [5.41, 5.74) is 1.08. The fraction of sp³-hybridized carbons (Fsp3) is 0.118. The number of urea groups is 1. The van der Waals surface area contributed by atoms with Crippen LogP contribution in [-0.2, 0) is 16.1 Å². The molecule has 6 nitrogen and oxygen atoms in total. The van der Waals surface area contributed by atoms with Crippen LogP contribution in [0.2, 0.25) is 0 Å². The molecule has 0 spiro atoms. The van der Waals surface area contributed by atoms with Crippen LogP contribution in [-0.4, -0.2) is 29.9 Å². The minimum absolute atomic E-state index is 0.0372. The maximum absolute atomic E-state index is 12.5. The number of hydrogen-bond acceptors (Lipinski definition) is 4. The summed E-state index contributed by atoms with van der Waals surface area (Å²) < 4.78 is 5.88. The van der Waals surface area contributed by atoms with E-state index < -0.39 is 17.8 Å². The van der Waals surface area contributed by atoms with Crippen LogP contribution in [0.1, 0.15) is 5.56 Å². The standard InChI is InChI=1S/C17H13BrN2O4/c1-24-14-7-5-13(6-8-14)20-16(22)15(21)19(17(20)23)10-11-3-2-4-12(18)9-11/h2-9H,10H2,1H3. The molecule has 0 unspecified atom stereocenters. The Balaban J connectivity index is 1.87. The highest BCUT2D eigenvalue weighted by Crippen LogP contribution is 2.26. The van der Waals surface area contributed by atoms with Gasteiger partial charge in [0.15, 0.2) is 0 Å². The van der Waals surface area contributed by atoms with Crippen molar-refractivity contribution in [2.24, 2.45) is 0 Å². The summed E-state index contributed by atoms with van der Waals surface area (Å²) in [7, 11) is 1.52. The second kappa shape index (κ2) is 6.45. The van der Waals surface area contributed by atoms with Gasteiger partial charge < -0.3 is 4.74 Å². The van der Waals surface area contributed by atoms with Crippen LogP contribution in [0.3, 0.4) is 0 Å². The zero-order chi connectivity index (χ0) is 17.3. The van der Waals surface area contributed by atoms with Crippen molar-refractivity contribution in [3.05, 3.63) is 58.6 Å². The SMILES string of the molecule is COc1ccc(N2C(=O)C(=O)N(Cc3cccc(Br)c3)C2=O)cc1. The summed E-state index contributed by atoms with van der Waals surface area (Å²) in [6, 6.07) is 12.9. The van der Waals surface area contributed by atoms with Gasteiger partial charge in [-0.05, 0) is 42.0 Å². The van der Waals surface area contributed by atoms with Gasteiger partial charge >= 0.3 is 17.8 Å². The van der Waals surface area contributed by atoms with Crippen LogP contribution in [0.5, 0.6) is 5.75 Å². The van der Waals surface area contributed by atoms with E-state index in [0.29, 0.717) is 11.4 Å². The Hall–Kier alpha value is -2.67. The molecule has 1 aliphatic rings. The summed E-state index contributed by atoms with van der Waals surface area (Å²) in [5.74, 6) is -1.11. The summed E-state index contributed by atoms with van der Waals surface area (Å²) in [6.45, 7) is 0.0372. The Morgan fingerprint density at radius 2 is 1.71 bits per heavy atom. The third kappa shape index (κ3) is 2.90. The van der Waals surface area contributed by atoms with E-state index >= 15 is 0 Å². The molecule has 7 heteroatoms. The molecule has 0 atom stereocenters. The van der Waals surface area contributed by atoms with Gasteiger partial charge in [0.05, 0.1) is 19.3 Å². The maximum Gasteiger partial charge on any atom is 0.339 e. The van der Waals surface area contributed by atoms with Crippen molar-refractivity contribution in [2.75, 3.05) is 12.0 Å². The smallest absolute Gasteiger partial charge is 0.339 e. The highest BCUT2D eigenvalue weighted by atomic mass is 79.9. The van der Waals surface area contributed by atoms with Gasteiger partial charge in [-0.2, -0.15) is 0 Å². The molecule has 1 fully saturated rings. The van der Waals surface area contributed by atoms with E-state index in [1.807, 2.05) is 6.07 Å². The number of carbonyl (C=O) groups is 3. The Kier molecular flexibility index (Phi) is 4.35. The van der Waals surface area contributed by atoms with E-state index in [2.05, 4.69) is 15.9 Å². The van der Waals surface area contributed by atoms with Gasteiger partial charge in [0.1, 0.15) is 5.75 Å². The lowest BCUT2D eigenvalue weighted by Gasteiger charge is -2.16. The predicted molar refractivity (Wildman–Crippen MR) is 90.6 cm³/mol. The lowest BCUT2D eigenvalue weighted by Crippen LogP contribution is -2.33. The predicted octanol–water partition coefficient (Wildman–Crippen LogP) is 2.95. The first-order valence-electron chi connectivity index (χ1n) is 7.09. The molecule has 0 radical (unpaired) electrons. The van der Waals surface area contributed by atoms with E-state index in [4.69, 9.17) is 4.74 Å². The van der Waals surface area contributed by atoms with E-state index in [1.54, 1.807) is 42.5 Å². The van der Waals surface area contributed by atoms with Gasteiger partial charge in [0, 0.05) is 4.47 Å². The third-order valence-corrected chi connectivity index (χ3v) is 4.11. The van der Waals surface area contributed by atoms with Crippen LogP contribution in [0.15, 0.2) is 53.0 Å². The lowest BCUT2D eigenvalue weighted by molar-refractivity contribution is -0.139. The number of methoxy groups -OCH3 is 1. The minimum atomic E-state index is -0.861. The molecule has 2 aromatic carbocycles. The van der Waals surface area contributed by atoms with Gasteiger partial charge in [0.2, 0.25) is 0 Å². The monoisotopic (exact) mass is 388 g/mol. The first-order valence-corrected chi connectivity index (χ1v) is 7.89. The molecule has 0 N–H and O–H groups in total. The summed E-state index contributed by atoms with van der Waals surface area (Å²) in [6.07, 6.45) is 0. The van der Waals surface area contributed by atoms with Gasteiger partial charge in [-0.1, -0.05) is 28.1 Å². The van der Waals surface area contributed by atoms with Crippen molar-refractivity contribution >= 4 is 39.5 Å². The zero-order valence-corrected chi connectivity index (χ0v) is 14.3. The van der Waals surface area contributed by atoms with Crippen molar-refractivity contribution in [1.29, 1.82) is 0 Å². The van der Waals surface area contributed by atoms with Crippen molar-refractivity contribution in [1.82, 2.24) is 4.90 Å². The molecule has 24 heavy (non-hydrogen) atoms. The van der Waals surface area contributed by atoms with Crippen LogP contribution >= 0.6 is 15.9 Å². The molecule has 0 saturated carbocycles. The molecule has 0 aromatic heterocycles. The Morgan fingerprint density at radius 3 is 2.33 bits per heavy atom. The first-order chi connectivity index (χ1) is 11.5. The van der Waals surface area contributed by atoms with E-state index in [-0.39, 0.29) is 6.54 Å². The van der Waals surface area contributed by atoms with E-state index in [0.717, 1.165) is 19.8 Å². The largest absolute Gasteiger partial charge is 0.497 e. The number of carbonyl (C=O) groups excluding carboxylic acids is 3. The number of imide groups is 2. The number of anilines is 1. The van der Waals surface area contributed by atoms with E-state index in [1.165, 1.54) is 7.11 Å². The second-order valence-corrected chi connectivity index (χ2v) is 6.06. The van der Waals surface area contributed by atoms with Crippen molar-refractivity contribution in [2.45, 2.75) is 6.54 Å². The van der Waals surface area contributed by atoms with E-state index in [9.17, 15) is 14.4 Å². The van der Waals surface area contributed by atoms with Gasteiger partial charge in [-0.25, -0.2) is 9.69 Å². The number of amides is 4.